The van der Waals surface area contributed by atoms with Crippen molar-refractivity contribution in [3.8, 4) is 0 Å². The second kappa shape index (κ2) is 7.22. The average Bonchev–Trinajstić information content (AvgIpc) is 2.52. The first-order valence-electron chi connectivity index (χ1n) is 6.70. The molecule has 0 aliphatic carbocycles. The highest BCUT2D eigenvalue weighted by Crippen LogP contribution is 2.30. The zero-order chi connectivity index (χ0) is 18.0. The molecule has 0 aliphatic rings. The summed E-state index contributed by atoms with van der Waals surface area (Å²) in [6.45, 7) is -0.366. The fourth-order valence-electron chi connectivity index (χ4n) is 1.94. The average molecular weight is 424 g/mol. The molecule has 130 valence electrons. The summed E-state index contributed by atoms with van der Waals surface area (Å²) in [5.41, 5.74) is -0.662. The molecule has 24 heavy (non-hydrogen) atoms. The minimum atomic E-state index is -4.47. The van der Waals surface area contributed by atoms with Crippen LogP contribution in [0.1, 0.15) is 17.2 Å². The Morgan fingerprint density at radius 2 is 1.67 bits per heavy atom. The Labute approximate surface area is 145 Å². The fraction of sp³-hybridized carbons (Fsp3) is 0.200. The van der Waals surface area contributed by atoms with Crippen molar-refractivity contribution in [3.63, 3.8) is 0 Å². The molecular formula is C15H13BrF3NO3S. The minimum Gasteiger partial charge on any atom is -0.387 e. The molecule has 0 saturated heterocycles. The summed E-state index contributed by atoms with van der Waals surface area (Å²) in [6.07, 6.45) is -5.74. The van der Waals surface area contributed by atoms with Gasteiger partial charge in [-0.1, -0.05) is 24.3 Å². The summed E-state index contributed by atoms with van der Waals surface area (Å²) in [6, 6.07) is 10.0. The monoisotopic (exact) mass is 423 g/mol. The lowest BCUT2D eigenvalue weighted by molar-refractivity contribution is -0.137. The van der Waals surface area contributed by atoms with Crippen molar-refractivity contribution in [2.45, 2.75) is 17.2 Å². The van der Waals surface area contributed by atoms with Gasteiger partial charge in [0.1, 0.15) is 0 Å². The van der Waals surface area contributed by atoms with Crippen LogP contribution in [0.4, 0.5) is 13.2 Å². The smallest absolute Gasteiger partial charge is 0.387 e. The Kier molecular flexibility index (Phi) is 5.69. The van der Waals surface area contributed by atoms with E-state index in [2.05, 4.69) is 20.7 Å². The van der Waals surface area contributed by atoms with Crippen molar-refractivity contribution in [1.29, 1.82) is 0 Å². The van der Waals surface area contributed by atoms with Gasteiger partial charge in [0, 0.05) is 11.0 Å². The van der Waals surface area contributed by atoms with Crippen molar-refractivity contribution in [2.75, 3.05) is 6.54 Å². The Hall–Kier alpha value is -1.42. The van der Waals surface area contributed by atoms with E-state index in [1.54, 1.807) is 18.2 Å². The van der Waals surface area contributed by atoms with Crippen LogP contribution in [-0.4, -0.2) is 20.1 Å². The molecule has 0 spiro atoms. The molecule has 0 unspecified atom stereocenters. The van der Waals surface area contributed by atoms with E-state index in [0.717, 1.165) is 24.3 Å². The number of aliphatic hydroxyl groups excluding tert-OH is 1. The van der Waals surface area contributed by atoms with Gasteiger partial charge in [0.25, 0.3) is 0 Å². The van der Waals surface area contributed by atoms with Gasteiger partial charge in [-0.3, -0.25) is 0 Å². The van der Waals surface area contributed by atoms with Gasteiger partial charge in [-0.05, 0) is 45.8 Å². The summed E-state index contributed by atoms with van der Waals surface area (Å²) in [7, 11) is -3.86. The molecule has 2 N–H and O–H groups in total. The lowest BCUT2D eigenvalue weighted by Gasteiger charge is -2.14. The van der Waals surface area contributed by atoms with E-state index in [4.69, 9.17) is 0 Å². The van der Waals surface area contributed by atoms with Crippen LogP contribution in [0.15, 0.2) is 57.9 Å². The van der Waals surface area contributed by atoms with E-state index in [1.807, 2.05) is 0 Å². The first-order valence-corrected chi connectivity index (χ1v) is 8.98. The van der Waals surface area contributed by atoms with Crippen LogP contribution in [-0.2, 0) is 16.2 Å². The highest BCUT2D eigenvalue weighted by atomic mass is 79.9. The Morgan fingerprint density at radius 1 is 1.08 bits per heavy atom. The number of aliphatic hydroxyl groups is 1. The van der Waals surface area contributed by atoms with Crippen molar-refractivity contribution in [3.05, 3.63) is 64.1 Å². The van der Waals surface area contributed by atoms with Gasteiger partial charge in [-0.15, -0.1) is 0 Å². The number of halogens is 4. The van der Waals surface area contributed by atoms with Crippen LogP contribution in [0.3, 0.4) is 0 Å². The zero-order valence-corrected chi connectivity index (χ0v) is 14.5. The number of nitrogens with one attached hydrogen (secondary N) is 1. The van der Waals surface area contributed by atoms with E-state index >= 15 is 0 Å². The second-order valence-corrected chi connectivity index (χ2v) is 7.51. The van der Waals surface area contributed by atoms with Crippen molar-refractivity contribution in [2.24, 2.45) is 0 Å². The van der Waals surface area contributed by atoms with Crippen molar-refractivity contribution >= 4 is 26.0 Å². The molecule has 0 amide bonds. The van der Waals surface area contributed by atoms with Gasteiger partial charge in [-0.2, -0.15) is 13.2 Å². The van der Waals surface area contributed by atoms with Crippen molar-refractivity contribution in [1.82, 2.24) is 4.72 Å². The first-order chi connectivity index (χ1) is 11.1. The molecule has 2 aromatic carbocycles. The van der Waals surface area contributed by atoms with Gasteiger partial charge >= 0.3 is 6.18 Å². The molecular weight excluding hydrogens is 411 g/mol. The van der Waals surface area contributed by atoms with Gasteiger partial charge < -0.3 is 5.11 Å². The summed E-state index contributed by atoms with van der Waals surface area (Å²) in [4.78, 5) is 0.00428. The molecule has 0 saturated carbocycles. The van der Waals surface area contributed by atoms with Crippen LogP contribution in [0, 0.1) is 0 Å². The first kappa shape index (κ1) is 18.9. The van der Waals surface area contributed by atoms with Gasteiger partial charge in [0.2, 0.25) is 10.0 Å². The number of benzene rings is 2. The molecule has 1 atom stereocenters. The number of hydrogen-bond acceptors (Lipinski definition) is 3. The Balaban J connectivity index is 2.08. The van der Waals surface area contributed by atoms with Crippen LogP contribution < -0.4 is 4.72 Å². The predicted molar refractivity (Wildman–Crippen MR) is 85.7 cm³/mol. The molecule has 4 nitrogen and oxygen atoms in total. The summed E-state index contributed by atoms with van der Waals surface area (Å²) >= 11 is 3.12. The largest absolute Gasteiger partial charge is 0.416 e. The molecule has 0 aliphatic heterocycles. The number of hydrogen-bond donors (Lipinski definition) is 2. The fourth-order valence-corrected chi connectivity index (χ4v) is 3.98. The van der Waals surface area contributed by atoms with E-state index < -0.39 is 27.9 Å². The molecule has 9 heteroatoms. The van der Waals surface area contributed by atoms with Crippen molar-refractivity contribution < 1.29 is 26.7 Å². The maximum atomic E-state index is 12.5. The van der Waals surface area contributed by atoms with E-state index in [0.29, 0.717) is 4.47 Å². The second-order valence-electron chi connectivity index (χ2n) is 4.92. The summed E-state index contributed by atoms with van der Waals surface area (Å²) < 4.78 is 64.4. The standard InChI is InChI=1S/C15H13BrF3NO3S/c16-12-3-1-2-4-14(12)24(22,23)20-9-13(21)10-5-7-11(8-6-10)15(17,18)19/h1-8,13,20-21H,9H2/t13-/m1/s1. The van der Waals surface area contributed by atoms with Gasteiger partial charge in [0.05, 0.1) is 16.6 Å². The molecule has 0 fully saturated rings. The number of sulfonamides is 1. The number of alkyl halides is 3. The molecule has 0 heterocycles. The quantitative estimate of drug-likeness (QED) is 0.773. The highest BCUT2D eigenvalue weighted by Gasteiger charge is 2.30. The highest BCUT2D eigenvalue weighted by molar-refractivity contribution is 9.10. The molecule has 2 aromatic rings. The van der Waals surface area contributed by atoms with E-state index in [-0.39, 0.29) is 17.0 Å². The SMILES string of the molecule is O=S(=O)(NC[C@@H](O)c1ccc(C(F)(F)F)cc1)c1ccccc1Br. The molecule has 2 rings (SSSR count). The molecule has 0 bridgehead atoms. The summed E-state index contributed by atoms with van der Waals surface area (Å²) in [5, 5.41) is 9.97. The summed E-state index contributed by atoms with van der Waals surface area (Å²) in [5.74, 6) is 0. The van der Waals surface area contributed by atoms with Gasteiger partial charge in [-0.25, -0.2) is 13.1 Å². The third-order valence-electron chi connectivity index (χ3n) is 3.22. The lowest BCUT2D eigenvalue weighted by atomic mass is 10.1. The van der Waals surface area contributed by atoms with Crippen LogP contribution in [0.2, 0.25) is 0 Å². The lowest BCUT2D eigenvalue weighted by Crippen LogP contribution is -2.28. The third kappa shape index (κ3) is 4.56. The van der Waals surface area contributed by atoms with E-state index in [9.17, 15) is 26.7 Å². The topological polar surface area (TPSA) is 66.4 Å². The third-order valence-corrected chi connectivity index (χ3v) is 5.65. The maximum absolute atomic E-state index is 12.5. The molecule has 0 radical (unpaired) electrons. The normalized spacial score (nSPS) is 13.7. The maximum Gasteiger partial charge on any atom is 0.416 e. The Morgan fingerprint density at radius 3 is 2.21 bits per heavy atom. The van der Waals surface area contributed by atoms with Gasteiger partial charge in [0.15, 0.2) is 0 Å². The molecule has 0 aromatic heterocycles. The van der Waals surface area contributed by atoms with E-state index in [1.165, 1.54) is 6.07 Å². The number of rotatable bonds is 5. The predicted octanol–water partition coefficient (Wildman–Crippen LogP) is 3.48. The van der Waals surface area contributed by atoms with Crippen LogP contribution >= 0.6 is 15.9 Å². The van der Waals surface area contributed by atoms with Crippen LogP contribution in [0.25, 0.3) is 0 Å². The Bertz CT molecular complexity index is 807. The van der Waals surface area contributed by atoms with Crippen LogP contribution in [0.5, 0.6) is 0 Å². The minimum absolute atomic E-state index is 0.00428. The zero-order valence-electron chi connectivity index (χ0n) is 12.1.